The quantitative estimate of drug-likeness (QED) is 0.424. The summed E-state index contributed by atoms with van der Waals surface area (Å²) in [5, 5.41) is 33.7. The first-order valence-corrected chi connectivity index (χ1v) is 7.83. The van der Waals surface area contributed by atoms with Crippen LogP contribution in [0.3, 0.4) is 0 Å². The fourth-order valence-corrected chi connectivity index (χ4v) is 2.47. The van der Waals surface area contributed by atoms with Crippen LogP contribution in [0.4, 0.5) is 19.0 Å². The van der Waals surface area contributed by atoms with Gasteiger partial charge in [0.2, 0.25) is 0 Å². The van der Waals surface area contributed by atoms with E-state index in [4.69, 9.17) is 16.3 Å². The first-order chi connectivity index (χ1) is 12.7. The number of halogens is 3. The van der Waals surface area contributed by atoms with E-state index in [0.717, 1.165) is 0 Å². The van der Waals surface area contributed by atoms with Crippen LogP contribution in [0.25, 0.3) is 0 Å². The number of hydrogen-bond donors (Lipinski definition) is 5. The highest BCUT2D eigenvalue weighted by Gasteiger charge is 2.39. The molecule has 1 aromatic heterocycles. The molecule has 2 rings (SSSR count). The molecular formula is C16H18F3N3O5. The van der Waals surface area contributed by atoms with Crippen LogP contribution in [0.1, 0.15) is 16.1 Å². The normalized spacial score (nSPS) is 25.5. The lowest BCUT2D eigenvalue weighted by Crippen LogP contribution is -2.56. The molecule has 1 aliphatic rings. The number of aliphatic hydroxyl groups is 3. The summed E-state index contributed by atoms with van der Waals surface area (Å²) < 4.78 is 44.5. The minimum atomic E-state index is -4.75. The molecule has 2 heterocycles. The summed E-state index contributed by atoms with van der Waals surface area (Å²) in [6.07, 6.45) is -3.66. The number of carbonyl (C=O) groups excluding carboxylic acids is 1. The van der Waals surface area contributed by atoms with Crippen molar-refractivity contribution in [3.63, 3.8) is 0 Å². The van der Waals surface area contributed by atoms with Crippen molar-refractivity contribution in [1.82, 2.24) is 10.3 Å². The molecule has 1 amide bonds. The zero-order valence-electron chi connectivity index (χ0n) is 13.9. The van der Waals surface area contributed by atoms with Crippen molar-refractivity contribution in [2.75, 3.05) is 25.1 Å². The fraction of sp³-hybridized carbons (Fsp3) is 0.500. The lowest BCUT2D eigenvalue weighted by molar-refractivity contribution is -0.152. The molecule has 11 heteroatoms. The molecule has 0 unspecified atom stereocenters. The minimum absolute atomic E-state index is 0.191. The Hall–Kier alpha value is -2.39. The van der Waals surface area contributed by atoms with E-state index in [1.54, 1.807) is 0 Å². The van der Waals surface area contributed by atoms with Crippen LogP contribution in [0.5, 0.6) is 0 Å². The molecule has 8 nitrogen and oxygen atoms in total. The predicted molar refractivity (Wildman–Crippen MR) is 86.7 cm³/mol. The number of alkyl halides is 3. The van der Waals surface area contributed by atoms with Crippen molar-refractivity contribution < 1.29 is 38.0 Å². The topological polar surface area (TPSA) is 124 Å². The van der Waals surface area contributed by atoms with Crippen LogP contribution in [-0.2, 0) is 10.9 Å². The number of terminal acetylenes is 1. The van der Waals surface area contributed by atoms with Crippen LogP contribution in [-0.4, -0.2) is 70.3 Å². The second kappa shape index (κ2) is 8.53. The van der Waals surface area contributed by atoms with E-state index < -0.39 is 54.3 Å². The van der Waals surface area contributed by atoms with Crippen LogP contribution in [0, 0.1) is 12.3 Å². The van der Waals surface area contributed by atoms with Gasteiger partial charge in [-0.05, 0) is 12.1 Å². The number of aromatic nitrogens is 1. The van der Waals surface area contributed by atoms with E-state index in [9.17, 15) is 28.2 Å². The highest BCUT2D eigenvalue weighted by molar-refractivity contribution is 5.93. The van der Waals surface area contributed by atoms with Gasteiger partial charge < -0.3 is 30.7 Å². The lowest BCUT2D eigenvalue weighted by Gasteiger charge is -2.37. The molecule has 0 bridgehead atoms. The van der Waals surface area contributed by atoms with Gasteiger partial charge in [-0.1, -0.05) is 5.92 Å². The number of anilines is 1. The summed E-state index contributed by atoms with van der Waals surface area (Å²) in [5.74, 6) is 0.869. The van der Waals surface area contributed by atoms with E-state index in [-0.39, 0.29) is 19.0 Å². The number of amides is 1. The van der Waals surface area contributed by atoms with Crippen LogP contribution in [0.15, 0.2) is 12.1 Å². The fourth-order valence-electron chi connectivity index (χ4n) is 2.47. The van der Waals surface area contributed by atoms with Gasteiger partial charge in [0, 0.05) is 0 Å². The molecule has 148 valence electrons. The summed E-state index contributed by atoms with van der Waals surface area (Å²) in [5.41, 5.74) is -1.66. The van der Waals surface area contributed by atoms with E-state index in [0.29, 0.717) is 12.1 Å². The average molecular weight is 389 g/mol. The molecule has 1 saturated heterocycles. The Balaban J connectivity index is 2.27. The number of aliphatic hydroxyl groups excluding tert-OH is 3. The number of carbonyl (C=O) groups is 1. The first-order valence-electron chi connectivity index (χ1n) is 7.83. The van der Waals surface area contributed by atoms with Crippen molar-refractivity contribution in [3.05, 3.63) is 23.4 Å². The zero-order chi connectivity index (χ0) is 20.2. The van der Waals surface area contributed by atoms with Gasteiger partial charge >= 0.3 is 6.18 Å². The Labute approximate surface area is 152 Å². The van der Waals surface area contributed by atoms with E-state index in [1.807, 2.05) is 0 Å². The molecule has 27 heavy (non-hydrogen) atoms. The van der Waals surface area contributed by atoms with Crippen LogP contribution >= 0.6 is 0 Å². The summed E-state index contributed by atoms with van der Waals surface area (Å²) in [6.45, 7) is -0.935. The predicted octanol–water partition coefficient (Wildman–Crippen LogP) is -0.643. The Morgan fingerprint density at radius 3 is 2.67 bits per heavy atom. The van der Waals surface area contributed by atoms with Gasteiger partial charge in [0.1, 0.15) is 29.8 Å². The monoisotopic (exact) mass is 389 g/mol. The van der Waals surface area contributed by atoms with Crippen molar-refractivity contribution in [3.8, 4) is 12.3 Å². The third-order valence-corrected chi connectivity index (χ3v) is 3.88. The summed E-state index contributed by atoms with van der Waals surface area (Å²) in [4.78, 5) is 15.7. The molecule has 0 saturated carbocycles. The second-order valence-electron chi connectivity index (χ2n) is 5.80. The highest BCUT2D eigenvalue weighted by Crippen LogP contribution is 2.31. The smallest absolute Gasteiger partial charge is 0.394 e. The second-order valence-corrected chi connectivity index (χ2v) is 5.80. The minimum Gasteiger partial charge on any atom is -0.394 e. The number of rotatable bonds is 5. The van der Waals surface area contributed by atoms with Gasteiger partial charge in [-0.3, -0.25) is 4.79 Å². The molecule has 5 N–H and O–H groups in total. The standard InChI is InChI=1S/C16H18F3N3O5/c1-2-3-20-15(26)9-4-8(16(17,18)19)5-12(21-9)22-10-7-27-11(6-23)14(25)13(10)24/h1,4-5,10-11,13-14,23-25H,3,6-7H2,(H,20,26)(H,21,22)/t10-,11+,13+,14-/m0/s1. The Morgan fingerprint density at radius 1 is 1.37 bits per heavy atom. The molecule has 0 spiro atoms. The number of pyridine rings is 1. The molecule has 4 atom stereocenters. The van der Waals surface area contributed by atoms with E-state index in [2.05, 4.69) is 21.5 Å². The lowest BCUT2D eigenvalue weighted by atomic mass is 9.98. The van der Waals surface area contributed by atoms with Crippen molar-refractivity contribution in [2.24, 2.45) is 0 Å². The number of ether oxygens (including phenoxy) is 1. The third-order valence-electron chi connectivity index (χ3n) is 3.88. The Morgan fingerprint density at radius 2 is 2.07 bits per heavy atom. The average Bonchev–Trinajstić information content (AvgIpc) is 2.62. The highest BCUT2D eigenvalue weighted by atomic mass is 19.4. The maximum absolute atomic E-state index is 13.1. The number of hydrogen-bond acceptors (Lipinski definition) is 7. The van der Waals surface area contributed by atoms with Crippen molar-refractivity contribution >= 4 is 11.7 Å². The molecule has 1 fully saturated rings. The van der Waals surface area contributed by atoms with Gasteiger partial charge in [-0.15, -0.1) is 6.42 Å². The number of nitrogens with zero attached hydrogens (tertiary/aromatic N) is 1. The third kappa shape index (κ3) is 5.08. The van der Waals surface area contributed by atoms with Gasteiger partial charge in [0.05, 0.1) is 31.4 Å². The van der Waals surface area contributed by atoms with Crippen molar-refractivity contribution in [1.29, 1.82) is 0 Å². The SMILES string of the molecule is C#CCNC(=O)c1cc(C(F)(F)F)cc(N[C@H]2CO[C@H](CO)[C@H](O)[C@@H]2O)n1. The Kier molecular flexibility index (Phi) is 6.61. The van der Waals surface area contributed by atoms with E-state index >= 15 is 0 Å². The molecule has 1 aliphatic heterocycles. The Bertz CT molecular complexity index is 722. The maximum atomic E-state index is 13.1. The van der Waals surface area contributed by atoms with Crippen molar-refractivity contribution in [2.45, 2.75) is 30.5 Å². The summed E-state index contributed by atoms with van der Waals surface area (Å²) >= 11 is 0. The number of nitrogens with one attached hydrogen (secondary N) is 2. The molecule has 0 aliphatic carbocycles. The van der Waals surface area contributed by atoms with Gasteiger partial charge in [-0.2, -0.15) is 13.2 Å². The molecular weight excluding hydrogens is 371 g/mol. The summed E-state index contributed by atoms with van der Waals surface area (Å²) in [7, 11) is 0. The van der Waals surface area contributed by atoms with E-state index in [1.165, 1.54) is 0 Å². The molecule has 1 aromatic rings. The maximum Gasteiger partial charge on any atom is 0.416 e. The van der Waals surface area contributed by atoms with Gasteiger partial charge in [0.15, 0.2) is 0 Å². The molecule has 0 aromatic carbocycles. The first kappa shape index (κ1) is 20.9. The zero-order valence-corrected chi connectivity index (χ0v) is 13.9. The largest absolute Gasteiger partial charge is 0.416 e. The molecule has 0 radical (unpaired) electrons. The van der Waals surface area contributed by atoms with Gasteiger partial charge in [0.25, 0.3) is 5.91 Å². The summed E-state index contributed by atoms with van der Waals surface area (Å²) in [6, 6.07) is 0.219. The van der Waals surface area contributed by atoms with Crippen LogP contribution < -0.4 is 10.6 Å². The van der Waals surface area contributed by atoms with Gasteiger partial charge in [-0.25, -0.2) is 4.98 Å². The van der Waals surface area contributed by atoms with Crippen LogP contribution in [0.2, 0.25) is 0 Å².